The number of carbonyl (C=O) groups excluding carboxylic acids is 2. The van der Waals surface area contributed by atoms with E-state index in [9.17, 15) is 20.0 Å². The number of carbonyl (C=O) groups is 2. The first kappa shape index (κ1) is 28.3. The van der Waals surface area contributed by atoms with Gasteiger partial charge in [0.1, 0.15) is 18.8 Å². The number of primary amides is 1. The third-order valence-corrected chi connectivity index (χ3v) is 8.05. The second-order valence-corrected chi connectivity index (χ2v) is 11.4. The van der Waals surface area contributed by atoms with E-state index < -0.39 is 17.7 Å². The molecule has 2 amide bonds. The van der Waals surface area contributed by atoms with Crippen LogP contribution in [0.15, 0.2) is 36.7 Å². The lowest BCUT2D eigenvalue weighted by atomic mass is 9.84. The van der Waals surface area contributed by atoms with Crippen molar-refractivity contribution in [1.82, 2.24) is 19.5 Å². The van der Waals surface area contributed by atoms with Crippen LogP contribution in [0.5, 0.6) is 0 Å². The predicted molar refractivity (Wildman–Crippen MR) is 149 cm³/mol. The molecule has 12 heteroatoms. The number of rotatable bonds is 9. The standard InChI is InChI=1S/C29H34FN7O4/c1-29(2,40)26(30)17-36(20-5-3-18(4-6-20)16-35-9-10-41-28(35)39)25-12-23(33-15-22(25)27(32)38)24-8-7-21-11-19(13-31)14-34-37(21)24/h7-8,11-12,14-15,18,20,26,40H,3-6,9-10,16-17H2,1-2H3,(H2,32,38)/t18?,20?,26-/m1/s1. The largest absolute Gasteiger partial charge is 0.448 e. The lowest BCUT2D eigenvalue weighted by molar-refractivity contribution is -0.000543. The molecular formula is C29H34FN7O4. The van der Waals surface area contributed by atoms with Crippen LogP contribution in [0.3, 0.4) is 0 Å². The van der Waals surface area contributed by atoms with Gasteiger partial charge in [0.15, 0.2) is 0 Å². The van der Waals surface area contributed by atoms with Gasteiger partial charge in [-0.05, 0) is 69.7 Å². The van der Waals surface area contributed by atoms with Gasteiger partial charge in [-0.3, -0.25) is 9.78 Å². The lowest BCUT2D eigenvalue weighted by Crippen LogP contribution is -2.48. The second-order valence-electron chi connectivity index (χ2n) is 11.4. The van der Waals surface area contributed by atoms with Gasteiger partial charge in [0, 0.05) is 18.8 Å². The molecule has 0 unspecified atom stereocenters. The number of ether oxygens (including phenoxy) is 1. The van der Waals surface area contributed by atoms with E-state index >= 15 is 4.39 Å². The van der Waals surface area contributed by atoms with E-state index in [4.69, 9.17) is 10.5 Å². The van der Waals surface area contributed by atoms with Crippen molar-refractivity contribution < 1.29 is 23.8 Å². The Morgan fingerprint density at radius 1 is 1.29 bits per heavy atom. The number of aromatic nitrogens is 3. The van der Waals surface area contributed by atoms with Crippen LogP contribution in [-0.4, -0.2) is 80.7 Å². The molecular weight excluding hydrogens is 529 g/mol. The van der Waals surface area contributed by atoms with Crippen molar-refractivity contribution in [2.24, 2.45) is 11.7 Å². The number of hydrogen-bond acceptors (Lipinski definition) is 8. The fourth-order valence-corrected chi connectivity index (χ4v) is 5.65. The van der Waals surface area contributed by atoms with Crippen molar-refractivity contribution in [3.05, 3.63) is 47.8 Å². The molecule has 3 aromatic heterocycles. The Morgan fingerprint density at radius 2 is 2.05 bits per heavy atom. The number of fused-ring (bicyclic) bond motifs is 1. The molecule has 0 aromatic carbocycles. The molecule has 0 bridgehead atoms. The molecule has 11 nitrogen and oxygen atoms in total. The first-order chi connectivity index (χ1) is 19.5. The molecule has 1 aliphatic carbocycles. The number of alkyl halides is 1. The maximum absolute atomic E-state index is 15.5. The highest BCUT2D eigenvalue weighted by Gasteiger charge is 2.36. The van der Waals surface area contributed by atoms with Gasteiger partial charge in [-0.2, -0.15) is 10.4 Å². The normalized spacial score (nSPS) is 20.1. The van der Waals surface area contributed by atoms with Crippen molar-refractivity contribution >= 4 is 23.2 Å². The third kappa shape index (κ3) is 5.95. The number of hydrogen-bond donors (Lipinski definition) is 2. The van der Waals surface area contributed by atoms with Crippen LogP contribution in [0.1, 0.15) is 55.5 Å². The van der Waals surface area contributed by atoms with Gasteiger partial charge in [-0.1, -0.05) is 0 Å². The van der Waals surface area contributed by atoms with Crippen LogP contribution in [0.2, 0.25) is 0 Å². The van der Waals surface area contributed by atoms with E-state index in [2.05, 4.69) is 16.2 Å². The highest BCUT2D eigenvalue weighted by atomic mass is 19.1. The maximum Gasteiger partial charge on any atom is 0.409 e. The van der Waals surface area contributed by atoms with Crippen molar-refractivity contribution in [3.63, 3.8) is 0 Å². The van der Waals surface area contributed by atoms with Gasteiger partial charge >= 0.3 is 6.09 Å². The Hall–Kier alpha value is -4.24. The van der Waals surface area contributed by atoms with Crippen molar-refractivity contribution in [2.75, 3.05) is 31.1 Å². The number of nitrogens with zero attached hydrogens (tertiary/aromatic N) is 6. The van der Waals surface area contributed by atoms with Gasteiger partial charge in [0.2, 0.25) is 0 Å². The highest BCUT2D eigenvalue weighted by Crippen LogP contribution is 2.36. The van der Waals surface area contributed by atoms with Gasteiger partial charge in [0.25, 0.3) is 5.91 Å². The molecule has 0 radical (unpaired) electrons. The van der Waals surface area contributed by atoms with E-state index in [1.165, 1.54) is 26.2 Å². The van der Waals surface area contributed by atoms with Crippen LogP contribution in [0, 0.1) is 17.2 Å². The molecule has 1 saturated carbocycles. The summed E-state index contributed by atoms with van der Waals surface area (Å²) in [6.45, 7) is 4.30. The zero-order chi connectivity index (χ0) is 29.3. The van der Waals surface area contributed by atoms with E-state index in [-0.39, 0.29) is 30.2 Å². The first-order valence-corrected chi connectivity index (χ1v) is 13.8. The highest BCUT2D eigenvalue weighted by molar-refractivity contribution is 5.99. The minimum absolute atomic E-state index is 0.133. The lowest BCUT2D eigenvalue weighted by Gasteiger charge is -2.41. The number of halogens is 1. The maximum atomic E-state index is 15.5. The van der Waals surface area contributed by atoms with Gasteiger partial charge < -0.3 is 25.4 Å². The van der Waals surface area contributed by atoms with Crippen LogP contribution >= 0.6 is 0 Å². The van der Waals surface area contributed by atoms with Crippen molar-refractivity contribution in [2.45, 2.75) is 57.3 Å². The number of anilines is 1. The molecule has 3 aromatic rings. The summed E-state index contributed by atoms with van der Waals surface area (Å²) in [5, 5.41) is 24.0. The SMILES string of the molecule is CC(C)(O)[C@H](F)CN(c1cc(-c2ccc3cc(C#N)cnn23)ncc1C(N)=O)C1CCC(CN2CCOC2=O)CC1. The Morgan fingerprint density at radius 3 is 2.68 bits per heavy atom. The number of pyridine rings is 1. The quantitative estimate of drug-likeness (QED) is 0.403. The number of nitrogens with two attached hydrogens (primary N) is 1. The molecule has 0 spiro atoms. The zero-order valence-electron chi connectivity index (χ0n) is 23.2. The monoisotopic (exact) mass is 563 g/mol. The molecule has 2 aliphatic rings. The fourth-order valence-electron chi connectivity index (χ4n) is 5.65. The Balaban J connectivity index is 1.48. The van der Waals surface area contributed by atoms with E-state index in [1.807, 2.05) is 17.0 Å². The topological polar surface area (TPSA) is 150 Å². The van der Waals surface area contributed by atoms with Gasteiger partial charge in [-0.15, -0.1) is 0 Å². The summed E-state index contributed by atoms with van der Waals surface area (Å²) in [6, 6.07) is 8.99. The van der Waals surface area contributed by atoms with Gasteiger partial charge in [-0.25, -0.2) is 13.7 Å². The first-order valence-electron chi connectivity index (χ1n) is 13.8. The molecule has 216 valence electrons. The Bertz CT molecular complexity index is 1490. The second kappa shape index (κ2) is 11.3. The smallest absolute Gasteiger partial charge is 0.409 e. The summed E-state index contributed by atoms with van der Waals surface area (Å²) in [7, 11) is 0. The minimum Gasteiger partial charge on any atom is -0.448 e. The Kier molecular flexibility index (Phi) is 7.82. The van der Waals surface area contributed by atoms with E-state index in [1.54, 1.807) is 21.5 Å². The average molecular weight is 564 g/mol. The van der Waals surface area contributed by atoms with Crippen LogP contribution in [-0.2, 0) is 4.74 Å². The average Bonchev–Trinajstić information content (AvgIpc) is 3.56. The number of amides is 2. The molecule has 1 aliphatic heterocycles. The van der Waals surface area contributed by atoms with E-state index in [0.29, 0.717) is 60.7 Å². The van der Waals surface area contributed by atoms with Crippen LogP contribution < -0.4 is 10.6 Å². The summed E-state index contributed by atoms with van der Waals surface area (Å²) < 4.78 is 22.2. The van der Waals surface area contributed by atoms with Crippen molar-refractivity contribution in [1.29, 1.82) is 5.26 Å². The van der Waals surface area contributed by atoms with E-state index in [0.717, 1.165) is 12.8 Å². The predicted octanol–water partition coefficient (Wildman–Crippen LogP) is 3.29. The third-order valence-electron chi connectivity index (χ3n) is 8.05. The summed E-state index contributed by atoms with van der Waals surface area (Å²) in [6.07, 6.45) is 3.97. The fraction of sp³-hybridized carbons (Fsp3) is 0.483. The molecule has 1 atom stereocenters. The minimum atomic E-state index is -1.61. The molecule has 5 rings (SSSR count). The molecule has 3 N–H and O–H groups in total. The summed E-state index contributed by atoms with van der Waals surface area (Å²) in [4.78, 5) is 32.5. The molecule has 4 heterocycles. The number of aliphatic hydroxyl groups is 1. The van der Waals surface area contributed by atoms with Gasteiger partial charge in [0.05, 0.1) is 58.6 Å². The summed E-state index contributed by atoms with van der Waals surface area (Å²) >= 11 is 0. The van der Waals surface area contributed by atoms with Crippen LogP contribution in [0.25, 0.3) is 16.9 Å². The zero-order valence-corrected chi connectivity index (χ0v) is 23.2. The summed E-state index contributed by atoms with van der Waals surface area (Å²) in [5.41, 5.74) is 6.99. The number of nitriles is 1. The number of cyclic esters (lactones) is 1. The summed E-state index contributed by atoms with van der Waals surface area (Å²) in [5.74, 6) is -0.407. The molecule has 1 saturated heterocycles. The molecule has 41 heavy (non-hydrogen) atoms. The van der Waals surface area contributed by atoms with Crippen molar-refractivity contribution in [3.8, 4) is 17.5 Å². The van der Waals surface area contributed by atoms with Crippen LogP contribution in [0.4, 0.5) is 14.9 Å². The molecule has 2 fully saturated rings. The Labute approximate surface area is 237 Å².